The topological polar surface area (TPSA) is 81.5 Å². The maximum Gasteiger partial charge on any atom is 0.416 e. The van der Waals surface area contributed by atoms with Gasteiger partial charge in [0, 0.05) is 16.2 Å². The maximum atomic E-state index is 12.9. The molecular weight excluding hydrogens is 397 g/mol. The first-order chi connectivity index (χ1) is 13.2. The predicted octanol–water partition coefficient (Wildman–Crippen LogP) is 5.75. The second kappa shape index (κ2) is 7.47. The highest BCUT2D eigenvalue weighted by Gasteiger charge is 2.33. The number of thiophene rings is 1. The predicted molar refractivity (Wildman–Crippen MR) is 99.2 cm³/mol. The van der Waals surface area contributed by atoms with Gasteiger partial charge in [-0.1, -0.05) is 18.2 Å². The normalized spacial score (nSPS) is 11.4. The Morgan fingerprint density at radius 1 is 1.25 bits per heavy atom. The third-order valence-corrected chi connectivity index (χ3v) is 4.93. The largest absolute Gasteiger partial charge is 0.462 e. The lowest BCUT2D eigenvalue weighted by Crippen LogP contribution is -2.08. The standard InChI is InChI=1S/C18H13F3N2O4S/c1-2-27-17(24)15-11-5-3-4-6-14(11)28-16(15)22-12-8-7-10(18(19,20)21)9-13(12)23(25)26/h3-9,22H,2H2,1H3. The van der Waals surface area contributed by atoms with E-state index in [4.69, 9.17) is 4.74 Å². The van der Waals surface area contributed by atoms with Crippen molar-refractivity contribution in [2.45, 2.75) is 13.1 Å². The second-order valence-electron chi connectivity index (χ2n) is 5.63. The Morgan fingerprint density at radius 2 is 1.96 bits per heavy atom. The maximum absolute atomic E-state index is 12.9. The van der Waals surface area contributed by atoms with Crippen molar-refractivity contribution < 1.29 is 27.6 Å². The quantitative estimate of drug-likeness (QED) is 0.329. The highest BCUT2D eigenvalue weighted by Crippen LogP contribution is 2.41. The summed E-state index contributed by atoms with van der Waals surface area (Å²) in [6.07, 6.45) is -4.71. The van der Waals surface area contributed by atoms with Gasteiger partial charge in [0.05, 0.1) is 17.1 Å². The van der Waals surface area contributed by atoms with Crippen LogP contribution in [-0.4, -0.2) is 17.5 Å². The van der Waals surface area contributed by atoms with E-state index < -0.39 is 28.3 Å². The first kappa shape index (κ1) is 19.6. The molecule has 3 aromatic rings. The van der Waals surface area contributed by atoms with E-state index in [0.29, 0.717) is 11.5 Å². The minimum atomic E-state index is -4.71. The van der Waals surface area contributed by atoms with E-state index in [1.165, 1.54) is 0 Å². The Bertz CT molecular complexity index is 1060. The Morgan fingerprint density at radius 3 is 2.61 bits per heavy atom. The number of hydrogen-bond donors (Lipinski definition) is 1. The summed E-state index contributed by atoms with van der Waals surface area (Å²) in [5.74, 6) is -0.628. The van der Waals surface area contributed by atoms with Gasteiger partial charge in [0.1, 0.15) is 16.3 Å². The van der Waals surface area contributed by atoms with Gasteiger partial charge in [0.15, 0.2) is 0 Å². The molecule has 1 N–H and O–H groups in total. The summed E-state index contributed by atoms with van der Waals surface area (Å²) in [7, 11) is 0. The number of fused-ring (bicyclic) bond motifs is 1. The monoisotopic (exact) mass is 410 g/mol. The SMILES string of the molecule is CCOC(=O)c1c(Nc2ccc(C(F)(F)F)cc2[N+](=O)[O-])sc2ccccc12. The molecular formula is C18H13F3N2O4S. The summed E-state index contributed by atoms with van der Waals surface area (Å²) < 4.78 is 44.4. The lowest BCUT2D eigenvalue weighted by molar-refractivity contribution is -0.384. The van der Waals surface area contributed by atoms with Gasteiger partial charge in [-0.3, -0.25) is 10.1 Å². The van der Waals surface area contributed by atoms with E-state index in [9.17, 15) is 28.1 Å². The van der Waals surface area contributed by atoms with Crippen molar-refractivity contribution >= 4 is 43.8 Å². The molecule has 0 saturated heterocycles. The summed E-state index contributed by atoms with van der Waals surface area (Å²) in [4.78, 5) is 22.8. The highest BCUT2D eigenvalue weighted by atomic mass is 32.1. The van der Waals surface area contributed by atoms with Crippen molar-refractivity contribution in [3.63, 3.8) is 0 Å². The van der Waals surface area contributed by atoms with Gasteiger partial charge >= 0.3 is 12.1 Å². The van der Waals surface area contributed by atoms with Crippen molar-refractivity contribution in [2.24, 2.45) is 0 Å². The molecule has 0 aliphatic heterocycles. The molecule has 0 atom stereocenters. The number of ether oxygens (including phenoxy) is 1. The number of rotatable bonds is 5. The molecule has 3 rings (SSSR count). The molecule has 2 aromatic carbocycles. The molecule has 0 unspecified atom stereocenters. The van der Waals surface area contributed by atoms with E-state index >= 15 is 0 Å². The summed E-state index contributed by atoms with van der Waals surface area (Å²) >= 11 is 1.15. The Balaban J connectivity index is 2.11. The third-order valence-electron chi connectivity index (χ3n) is 3.84. The van der Waals surface area contributed by atoms with Crippen LogP contribution < -0.4 is 5.32 Å². The van der Waals surface area contributed by atoms with Crippen molar-refractivity contribution in [1.82, 2.24) is 0 Å². The number of benzene rings is 2. The van der Waals surface area contributed by atoms with Crippen molar-refractivity contribution in [2.75, 3.05) is 11.9 Å². The number of alkyl halides is 3. The Kier molecular flexibility index (Phi) is 5.23. The van der Waals surface area contributed by atoms with Crippen LogP contribution in [0.15, 0.2) is 42.5 Å². The number of nitro groups is 1. The van der Waals surface area contributed by atoms with Gasteiger partial charge in [0.25, 0.3) is 5.69 Å². The van der Waals surface area contributed by atoms with Crippen LogP contribution in [-0.2, 0) is 10.9 Å². The smallest absolute Gasteiger partial charge is 0.416 e. The number of halogens is 3. The number of anilines is 2. The molecule has 0 saturated carbocycles. The molecule has 0 radical (unpaired) electrons. The molecule has 0 fully saturated rings. The Hall–Kier alpha value is -3.14. The van der Waals surface area contributed by atoms with Crippen LogP contribution in [0, 0.1) is 10.1 Å². The summed E-state index contributed by atoms with van der Waals surface area (Å²) in [6, 6.07) is 9.12. The van der Waals surface area contributed by atoms with Gasteiger partial charge in [-0.15, -0.1) is 11.3 Å². The Labute approximate surface area is 160 Å². The van der Waals surface area contributed by atoms with Gasteiger partial charge < -0.3 is 10.1 Å². The molecule has 0 aliphatic carbocycles. The first-order valence-corrected chi connectivity index (χ1v) is 8.85. The van der Waals surface area contributed by atoms with Crippen LogP contribution in [0.2, 0.25) is 0 Å². The number of hydrogen-bond acceptors (Lipinski definition) is 6. The van der Waals surface area contributed by atoms with Crippen LogP contribution in [0.4, 0.5) is 29.5 Å². The fourth-order valence-corrected chi connectivity index (χ4v) is 3.73. The average molecular weight is 410 g/mol. The van der Waals surface area contributed by atoms with Crippen molar-refractivity contribution in [3.8, 4) is 0 Å². The minimum absolute atomic E-state index is 0.128. The molecule has 6 nitrogen and oxygen atoms in total. The van der Waals surface area contributed by atoms with Crippen molar-refractivity contribution in [1.29, 1.82) is 0 Å². The third kappa shape index (κ3) is 3.77. The zero-order valence-corrected chi connectivity index (χ0v) is 15.2. The van der Waals surface area contributed by atoms with Crippen LogP contribution in [0.5, 0.6) is 0 Å². The average Bonchev–Trinajstić information content (AvgIpc) is 2.99. The van der Waals surface area contributed by atoms with E-state index in [2.05, 4.69) is 5.32 Å². The number of nitrogens with one attached hydrogen (secondary N) is 1. The molecule has 0 aliphatic rings. The molecule has 0 amide bonds. The molecule has 28 heavy (non-hydrogen) atoms. The van der Waals surface area contributed by atoms with Gasteiger partial charge in [-0.25, -0.2) is 4.79 Å². The second-order valence-corrected chi connectivity index (χ2v) is 6.69. The number of esters is 1. The highest BCUT2D eigenvalue weighted by molar-refractivity contribution is 7.23. The minimum Gasteiger partial charge on any atom is -0.462 e. The molecule has 1 aromatic heterocycles. The van der Waals surface area contributed by atoms with Crippen LogP contribution in [0.1, 0.15) is 22.8 Å². The van der Waals surface area contributed by atoms with E-state index in [0.717, 1.165) is 28.2 Å². The van der Waals surface area contributed by atoms with E-state index in [-0.39, 0.29) is 22.9 Å². The number of carbonyl (C=O) groups is 1. The lowest BCUT2D eigenvalue weighted by Gasteiger charge is -2.11. The van der Waals surface area contributed by atoms with Gasteiger partial charge in [-0.2, -0.15) is 13.2 Å². The lowest BCUT2D eigenvalue weighted by atomic mass is 10.1. The van der Waals surface area contributed by atoms with Crippen LogP contribution in [0.25, 0.3) is 10.1 Å². The van der Waals surface area contributed by atoms with Crippen LogP contribution in [0.3, 0.4) is 0 Å². The molecule has 0 spiro atoms. The summed E-state index contributed by atoms with van der Waals surface area (Å²) in [5.41, 5.74) is -1.86. The fraction of sp³-hybridized carbons (Fsp3) is 0.167. The first-order valence-electron chi connectivity index (χ1n) is 8.03. The zero-order valence-electron chi connectivity index (χ0n) is 14.4. The van der Waals surface area contributed by atoms with E-state index in [1.54, 1.807) is 31.2 Å². The fourth-order valence-electron chi connectivity index (χ4n) is 2.63. The van der Waals surface area contributed by atoms with Crippen molar-refractivity contribution in [3.05, 3.63) is 63.7 Å². The number of nitro benzene ring substituents is 1. The number of nitrogens with zero attached hydrogens (tertiary/aromatic N) is 1. The van der Waals surface area contributed by atoms with Gasteiger partial charge in [-0.05, 0) is 25.1 Å². The summed E-state index contributed by atoms with van der Waals surface area (Å²) in [5, 5.41) is 14.9. The van der Waals surface area contributed by atoms with Crippen LogP contribution >= 0.6 is 11.3 Å². The zero-order chi connectivity index (χ0) is 20.5. The summed E-state index contributed by atoms with van der Waals surface area (Å²) in [6.45, 7) is 1.77. The molecule has 1 heterocycles. The van der Waals surface area contributed by atoms with E-state index in [1.807, 2.05) is 0 Å². The molecule has 0 bridgehead atoms. The molecule has 10 heteroatoms. The number of carbonyl (C=O) groups excluding carboxylic acids is 1. The molecule has 146 valence electrons. The van der Waals surface area contributed by atoms with Gasteiger partial charge in [0.2, 0.25) is 0 Å².